The molecule has 0 N–H and O–H groups in total. The maximum Gasteiger partial charge on any atom is 0.268 e. The van der Waals surface area contributed by atoms with Crippen LogP contribution in [0.25, 0.3) is 6.08 Å². The number of anilines is 1. The summed E-state index contributed by atoms with van der Waals surface area (Å²) in [4.78, 5) is 14.7. The minimum atomic E-state index is -0.306. The second-order valence-corrected chi connectivity index (χ2v) is 7.93. The molecule has 0 saturated carbocycles. The molecule has 1 amide bonds. The molecule has 0 aromatic heterocycles. The van der Waals surface area contributed by atoms with E-state index in [-0.39, 0.29) is 11.5 Å². The van der Waals surface area contributed by atoms with Crippen LogP contribution in [0.5, 0.6) is 17.2 Å². The number of methoxy groups -OCH3 is 1. The molecule has 3 aromatic carbocycles. The molecule has 0 bridgehead atoms. The Kier molecular flexibility index (Phi) is 7.14. The number of fused-ring (bicyclic) bond motifs is 1. The van der Waals surface area contributed by atoms with Gasteiger partial charge < -0.3 is 19.1 Å². The van der Waals surface area contributed by atoms with Gasteiger partial charge in [0.15, 0.2) is 11.5 Å². The standard InChI is InChI=1S/C28H26N2O4/c1-20-7-10-24(11-8-20)33-15-16-34-26-12-9-21(18-27(26)32-2)17-23(19-29)28(31)30-14-13-22-5-3-4-6-25(22)30/h3-12,17-18H,13-16H2,1-2H3. The predicted octanol–water partition coefficient (Wildman–Crippen LogP) is 4.96. The van der Waals surface area contributed by atoms with Crippen molar-refractivity contribution in [3.05, 3.63) is 89.0 Å². The first-order valence-electron chi connectivity index (χ1n) is 11.1. The van der Waals surface area contributed by atoms with E-state index >= 15 is 0 Å². The van der Waals surface area contributed by atoms with Crippen LogP contribution in [0, 0.1) is 18.3 Å². The van der Waals surface area contributed by atoms with Gasteiger partial charge >= 0.3 is 0 Å². The topological polar surface area (TPSA) is 71.8 Å². The fourth-order valence-electron chi connectivity index (χ4n) is 3.84. The van der Waals surface area contributed by atoms with Crippen LogP contribution in [0.15, 0.2) is 72.3 Å². The Bertz CT molecular complexity index is 1240. The zero-order chi connectivity index (χ0) is 23.9. The van der Waals surface area contributed by atoms with E-state index in [1.807, 2.05) is 55.5 Å². The molecule has 1 aliphatic heterocycles. The van der Waals surface area contributed by atoms with Gasteiger partial charge in [0, 0.05) is 12.2 Å². The van der Waals surface area contributed by atoms with Gasteiger partial charge in [0.2, 0.25) is 0 Å². The maximum absolute atomic E-state index is 13.0. The van der Waals surface area contributed by atoms with Gasteiger partial charge in [-0.2, -0.15) is 5.26 Å². The quantitative estimate of drug-likeness (QED) is 0.273. The number of ether oxygens (including phenoxy) is 3. The third kappa shape index (κ3) is 5.21. The van der Waals surface area contributed by atoms with Gasteiger partial charge in [-0.1, -0.05) is 42.0 Å². The molecule has 172 valence electrons. The predicted molar refractivity (Wildman–Crippen MR) is 131 cm³/mol. The highest BCUT2D eigenvalue weighted by Crippen LogP contribution is 2.31. The van der Waals surface area contributed by atoms with Crippen molar-refractivity contribution < 1.29 is 19.0 Å². The molecule has 0 saturated heterocycles. The smallest absolute Gasteiger partial charge is 0.268 e. The van der Waals surface area contributed by atoms with Crippen molar-refractivity contribution in [3.8, 4) is 23.3 Å². The average Bonchev–Trinajstić information content (AvgIpc) is 3.30. The zero-order valence-corrected chi connectivity index (χ0v) is 19.3. The molecule has 0 atom stereocenters. The Morgan fingerprint density at radius 1 is 1.03 bits per heavy atom. The monoisotopic (exact) mass is 454 g/mol. The minimum absolute atomic E-state index is 0.0684. The summed E-state index contributed by atoms with van der Waals surface area (Å²) in [5.74, 6) is 1.56. The molecule has 0 aliphatic carbocycles. The first kappa shape index (κ1) is 22.9. The van der Waals surface area contributed by atoms with Crippen LogP contribution in [-0.2, 0) is 11.2 Å². The fraction of sp³-hybridized carbons (Fsp3) is 0.214. The third-order valence-corrected chi connectivity index (χ3v) is 5.61. The molecule has 0 fully saturated rings. The van der Waals surface area contributed by atoms with E-state index in [1.165, 1.54) is 5.56 Å². The lowest BCUT2D eigenvalue weighted by Gasteiger charge is -2.16. The van der Waals surface area contributed by atoms with Gasteiger partial charge in [0.25, 0.3) is 5.91 Å². The lowest BCUT2D eigenvalue weighted by molar-refractivity contribution is -0.114. The van der Waals surface area contributed by atoms with Gasteiger partial charge in [-0.25, -0.2) is 0 Å². The summed E-state index contributed by atoms with van der Waals surface area (Å²) >= 11 is 0. The molecule has 34 heavy (non-hydrogen) atoms. The molecule has 0 unspecified atom stereocenters. The molecule has 6 nitrogen and oxygen atoms in total. The van der Waals surface area contributed by atoms with Crippen LogP contribution < -0.4 is 19.1 Å². The SMILES string of the molecule is COc1cc(C=C(C#N)C(=O)N2CCc3ccccc32)ccc1OCCOc1ccc(C)cc1. The van der Waals surface area contributed by atoms with E-state index in [0.29, 0.717) is 36.8 Å². The Labute approximate surface area is 199 Å². The van der Waals surface area contributed by atoms with Gasteiger partial charge in [-0.05, 0) is 60.9 Å². The summed E-state index contributed by atoms with van der Waals surface area (Å²) in [6, 6.07) is 23.0. The molecule has 1 aliphatic rings. The summed E-state index contributed by atoms with van der Waals surface area (Å²) in [6.45, 7) is 3.32. The van der Waals surface area contributed by atoms with Gasteiger partial charge in [-0.3, -0.25) is 4.79 Å². The molecule has 3 aromatic rings. The van der Waals surface area contributed by atoms with Crippen molar-refractivity contribution in [2.45, 2.75) is 13.3 Å². The molecule has 0 radical (unpaired) electrons. The van der Waals surface area contributed by atoms with E-state index in [9.17, 15) is 10.1 Å². The number of para-hydroxylation sites is 1. The highest BCUT2D eigenvalue weighted by atomic mass is 16.5. The number of hydrogen-bond acceptors (Lipinski definition) is 5. The van der Waals surface area contributed by atoms with Crippen LogP contribution in [0.1, 0.15) is 16.7 Å². The first-order chi connectivity index (χ1) is 16.6. The number of aryl methyl sites for hydroxylation is 1. The van der Waals surface area contributed by atoms with Crippen molar-refractivity contribution in [1.82, 2.24) is 0 Å². The van der Waals surface area contributed by atoms with Crippen molar-refractivity contribution in [2.75, 3.05) is 31.8 Å². The third-order valence-electron chi connectivity index (χ3n) is 5.61. The lowest BCUT2D eigenvalue weighted by atomic mass is 10.1. The van der Waals surface area contributed by atoms with E-state index < -0.39 is 0 Å². The number of carbonyl (C=O) groups excluding carboxylic acids is 1. The molecule has 6 heteroatoms. The number of nitriles is 1. The minimum Gasteiger partial charge on any atom is -0.493 e. The van der Waals surface area contributed by atoms with Gasteiger partial charge in [-0.15, -0.1) is 0 Å². The Hall–Kier alpha value is -4.24. The van der Waals surface area contributed by atoms with Crippen molar-refractivity contribution in [1.29, 1.82) is 5.26 Å². The van der Waals surface area contributed by atoms with Crippen LogP contribution in [0.4, 0.5) is 5.69 Å². The summed E-state index contributed by atoms with van der Waals surface area (Å²) in [6.07, 6.45) is 2.37. The molecular weight excluding hydrogens is 428 g/mol. The van der Waals surface area contributed by atoms with Crippen molar-refractivity contribution >= 4 is 17.7 Å². The van der Waals surface area contributed by atoms with Crippen molar-refractivity contribution in [2.24, 2.45) is 0 Å². The van der Waals surface area contributed by atoms with Crippen molar-refractivity contribution in [3.63, 3.8) is 0 Å². The summed E-state index contributed by atoms with van der Waals surface area (Å²) in [5, 5.41) is 9.66. The summed E-state index contributed by atoms with van der Waals surface area (Å²) < 4.78 is 17.0. The number of hydrogen-bond donors (Lipinski definition) is 0. The Morgan fingerprint density at radius 3 is 2.56 bits per heavy atom. The number of benzene rings is 3. The Morgan fingerprint density at radius 2 is 1.79 bits per heavy atom. The summed E-state index contributed by atoms with van der Waals surface area (Å²) in [7, 11) is 1.55. The van der Waals surface area contributed by atoms with E-state index in [4.69, 9.17) is 14.2 Å². The van der Waals surface area contributed by atoms with Crippen LogP contribution in [0.3, 0.4) is 0 Å². The highest BCUT2D eigenvalue weighted by Gasteiger charge is 2.26. The maximum atomic E-state index is 13.0. The normalized spacial score (nSPS) is 12.6. The largest absolute Gasteiger partial charge is 0.493 e. The van der Waals surface area contributed by atoms with E-state index in [1.54, 1.807) is 36.3 Å². The second kappa shape index (κ2) is 10.6. The van der Waals surface area contributed by atoms with E-state index in [2.05, 4.69) is 6.07 Å². The fourth-order valence-corrected chi connectivity index (χ4v) is 3.84. The highest BCUT2D eigenvalue weighted by molar-refractivity contribution is 6.12. The number of rotatable bonds is 8. The van der Waals surface area contributed by atoms with Crippen LogP contribution in [-0.4, -0.2) is 32.8 Å². The molecule has 4 rings (SSSR count). The number of amides is 1. The average molecular weight is 455 g/mol. The van der Waals surface area contributed by atoms with Crippen LogP contribution >= 0.6 is 0 Å². The first-order valence-corrected chi connectivity index (χ1v) is 11.1. The molecule has 0 spiro atoms. The van der Waals surface area contributed by atoms with Gasteiger partial charge in [0.1, 0.15) is 30.6 Å². The lowest BCUT2D eigenvalue weighted by Crippen LogP contribution is -2.29. The van der Waals surface area contributed by atoms with Gasteiger partial charge in [0.05, 0.1) is 7.11 Å². The summed E-state index contributed by atoms with van der Waals surface area (Å²) in [5.41, 5.74) is 3.90. The Balaban J connectivity index is 1.42. The zero-order valence-electron chi connectivity index (χ0n) is 19.3. The van der Waals surface area contributed by atoms with E-state index in [0.717, 1.165) is 23.4 Å². The molecular formula is C28H26N2O4. The number of nitrogens with zero attached hydrogens (tertiary/aromatic N) is 2. The second-order valence-electron chi connectivity index (χ2n) is 7.93. The molecule has 1 heterocycles. The number of carbonyl (C=O) groups is 1. The van der Waals surface area contributed by atoms with Crippen LogP contribution in [0.2, 0.25) is 0 Å².